The van der Waals surface area contributed by atoms with Crippen LogP contribution in [0.2, 0.25) is 0 Å². The molecule has 0 bridgehead atoms. The maximum Gasteiger partial charge on any atom is 0.272 e. The van der Waals surface area contributed by atoms with E-state index in [9.17, 15) is 4.79 Å². The molecule has 1 aliphatic heterocycles. The Morgan fingerprint density at radius 3 is 2.54 bits per heavy atom. The highest BCUT2D eigenvalue weighted by Gasteiger charge is 2.24. The van der Waals surface area contributed by atoms with Crippen molar-refractivity contribution in [3.05, 3.63) is 48.3 Å². The lowest BCUT2D eigenvalue weighted by atomic mass is 10.2. The molecule has 7 heteroatoms. The van der Waals surface area contributed by atoms with Crippen molar-refractivity contribution in [3.63, 3.8) is 0 Å². The highest BCUT2D eigenvalue weighted by atomic mass is 16.5. The molecule has 2 heterocycles. The van der Waals surface area contributed by atoms with Gasteiger partial charge in [0.25, 0.3) is 5.91 Å². The first-order chi connectivity index (χ1) is 13.6. The number of likely N-dealkylation sites (N-methyl/N-ethyl adjacent to an activating group) is 1. The third-order valence-corrected chi connectivity index (χ3v) is 4.86. The van der Waals surface area contributed by atoms with Crippen LogP contribution in [0.4, 0.5) is 11.4 Å². The summed E-state index contributed by atoms with van der Waals surface area (Å²) in [4.78, 5) is 23.4. The summed E-state index contributed by atoms with van der Waals surface area (Å²) in [6.07, 6.45) is 1.73. The van der Waals surface area contributed by atoms with E-state index in [1.165, 1.54) is 0 Å². The molecule has 0 atom stereocenters. The van der Waals surface area contributed by atoms with Crippen LogP contribution in [0.1, 0.15) is 10.5 Å². The van der Waals surface area contributed by atoms with Gasteiger partial charge in [-0.05, 0) is 38.4 Å². The first kappa shape index (κ1) is 19.9. The smallest absolute Gasteiger partial charge is 0.272 e. The molecule has 0 aliphatic carbocycles. The highest BCUT2D eigenvalue weighted by molar-refractivity contribution is 5.92. The average Bonchev–Trinajstić information content (AvgIpc) is 2.73. The lowest BCUT2D eigenvalue weighted by Crippen LogP contribution is -2.49. The minimum atomic E-state index is -0.0143. The van der Waals surface area contributed by atoms with Gasteiger partial charge in [-0.25, -0.2) is 4.98 Å². The van der Waals surface area contributed by atoms with Gasteiger partial charge in [-0.3, -0.25) is 4.79 Å². The first-order valence-electron chi connectivity index (χ1n) is 9.60. The van der Waals surface area contributed by atoms with E-state index in [1.807, 2.05) is 43.3 Å². The summed E-state index contributed by atoms with van der Waals surface area (Å²) in [6.45, 7) is 4.67. The van der Waals surface area contributed by atoms with E-state index in [2.05, 4.69) is 26.2 Å². The fourth-order valence-electron chi connectivity index (χ4n) is 3.25. The number of piperazine rings is 1. The SMILES string of the molecule is COc1ccccc1N1CCN(C(=O)c2ccc(NCCN(C)C)cn2)CC1. The number of carbonyl (C=O) groups is 1. The van der Waals surface area contributed by atoms with Gasteiger partial charge in [0.2, 0.25) is 0 Å². The van der Waals surface area contributed by atoms with Crippen molar-refractivity contribution in [2.75, 3.05) is 70.7 Å². The molecule has 1 saturated heterocycles. The zero-order chi connectivity index (χ0) is 19.9. The fourth-order valence-corrected chi connectivity index (χ4v) is 3.25. The van der Waals surface area contributed by atoms with Gasteiger partial charge < -0.3 is 24.8 Å². The summed E-state index contributed by atoms with van der Waals surface area (Å²) < 4.78 is 5.45. The molecule has 150 valence electrons. The number of ether oxygens (including phenoxy) is 1. The Kier molecular flexibility index (Phi) is 6.71. The molecule has 1 aromatic heterocycles. The van der Waals surface area contributed by atoms with E-state index < -0.39 is 0 Å². The number of anilines is 2. The number of aromatic nitrogens is 1. The van der Waals surface area contributed by atoms with Gasteiger partial charge in [0, 0.05) is 39.3 Å². The summed E-state index contributed by atoms with van der Waals surface area (Å²) in [5, 5.41) is 3.31. The normalized spacial score (nSPS) is 14.3. The Labute approximate surface area is 166 Å². The Bertz CT molecular complexity index is 771. The van der Waals surface area contributed by atoms with Crippen LogP contribution in [0.3, 0.4) is 0 Å². The zero-order valence-corrected chi connectivity index (χ0v) is 16.9. The predicted molar refractivity (Wildman–Crippen MR) is 112 cm³/mol. The number of pyridine rings is 1. The Hall–Kier alpha value is -2.80. The van der Waals surface area contributed by atoms with Gasteiger partial charge in [-0.1, -0.05) is 12.1 Å². The molecule has 1 aliphatic rings. The zero-order valence-electron chi connectivity index (χ0n) is 16.9. The number of hydrogen-bond donors (Lipinski definition) is 1. The number of nitrogens with zero attached hydrogens (tertiary/aromatic N) is 4. The van der Waals surface area contributed by atoms with Crippen molar-refractivity contribution in [2.45, 2.75) is 0 Å². The lowest BCUT2D eigenvalue weighted by molar-refractivity contribution is 0.0741. The molecule has 7 nitrogen and oxygen atoms in total. The predicted octanol–water partition coefficient (Wildman–Crippen LogP) is 2.03. The van der Waals surface area contributed by atoms with Crippen LogP contribution in [-0.2, 0) is 0 Å². The van der Waals surface area contributed by atoms with Crippen LogP contribution >= 0.6 is 0 Å². The van der Waals surface area contributed by atoms with Crippen LogP contribution in [0.5, 0.6) is 5.75 Å². The van der Waals surface area contributed by atoms with Crippen molar-refractivity contribution in [2.24, 2.45) is 0 Å². The van der Waals surface area contributed by atoms with Crippen LogP contribution in [0.15, 0.2) is 42.6 Å². The quantitative estimate of drug-likeness (QED) is 0.789. The Morgan fingerprint density at radius 1 is 1.14 bits per heavy atom. The molecule has 3 rings (SSSR count). The largest absolute Gasteiger partial charge is 0.495 e. The van der Waals surface area contributed by atoms with Crippen LogP contribution in [0, 0.1) is 0 Å². The number of para-hydroxylation sites is 2. The molecule has 0 spiro atoms. The van der Waals surface area contributed by atoms with Crippen LogP contribution in [0.25, 0.3) is 0 Å². The second kappa shape index (κ2) is 9.41. The van der Waals surface area contributed by atoms with E-state index >= 15 is 0 Å². The summed E-state index contributed by atoms with van der Waals surface area (Å²) in [5.41, 5.74) is 2.49. The second-order valence-electron chi connectivity index (χ2n) is 7.11. The number of benzene rings is 1. The number of methoxy groups -OCH3 is 1. The van der Waals surface area contributed by atoms with Crippen LogP contribution in [-0.4, -0.2) is 81.2 Å². The third-order valence-electron chi connectivity index (χ3n) is 4.86. The van der Waals surface area contributed by atoms with Gasteiger partial charge in [0.05, 0.1) is 24.7 Å². The van der Waals surface area contributed by atoms with E-state index in [0.29, 0.717) is 18.8 Å². The molecule has 1 fully saturated rings. The van der Waals surface area contributed by atoms with Gasteiger partial charge in [0.1, 0.15) is 11.4 Å². The summed E-state index contributed by atoms with van der Waals surface area (Å²) >= 11 is 0. The van der Waals surface area contributed by atoms with Crippen molar-refractivity contribution in [3.8, 4) is 5.75 Å². The molecule has 1 amide bonds. The number of nitrogens with one attached hydrogen (secondary N) is 1. The van der Waals surface area contributed by atoms with Crippen molar-refractivity contribution in [1.29, 1.82) is 0 Å². The maximum atomic E-state index is 12.8. The van der Waals surface area contributed by atoms with Crippen molar-refractivity contribution >= 4 is 17.3 Å². The third kappa shape index (κ3) is 4.92. The van der Waals surface area contributed by atoms with Crippen LogP contribution < -0.4 is 15.0 Å². The molecular formula is C21H29N5O2. The topological polar surface area (TPSA) is 60.9 Å². The molecule has 0 radical (unpaired) electrons. The van der Waals surface area contributed by atoms with Crippen molar-refractivity contribution < 1.29 is 9.53 Å². The molecule has 28 heavy (non-hydrogen) atoms. The van der Waals surface area contributed by atoms with Gasteiger partial charge in [-0.15, -0.1) is 0 Å². The monoisotopic (exact) mass is 383 g/mol. The average molecular weight is 383 g/mol. The number of carbonyl (C=O) groups excluding carboxylic acids is 1. The molecule has 2 aromatic rings. The highest BCUT2D eigenvalue weighted by Crippen LogP contribution is 2.28. The Balaban J connectivity index is 1.55. The minimum Gasteiger partial charge on any atom is -0.495 e. The second-order valence-corrected chi connectivity index (χ2v) is 7.11. The Morgan fingerprint density at radius 2 is 1.89 bits per heavy atom. The number of hydrogen-bond acceptors (Lipinski definition) is 6. The van der Waals surface area contributed by atoms with Crippen molar-refractivity contribution in [1.82, 2.24) is 14.8 Å². The summed E-state index contributed by atoms with van der Waals surface area (Å²) in [7, 11) is 5.76. The molecule has 0 saturated carbocycles. The van der Waals surface area contributed by atoms with E-state index in [1.54, 1.807) is 19.4 Å². The number of rotatable bonds is 7. The summed E-state index contributed by atoms with van der Waals surface area (Å²) in [5.74, 6) is 0.848. The van der Waals surface area contributed by atoms with E-state index in [-0.39, 0.29) is 5.91 Å². The van der Waals surface area contributed by atoms with E-state index in [0.717, 1.165) is 43.3 Å². The molecule has 0 unspecified atom stereocenters. The molecule has 1 aromatic carbocycles. The minimum absolute atomic E-state index is 0.0143. The summed E-state index contributed by atoms with van der Waals surface area (Å²) in [6, 6.07) is 11.7. The van der Waals surface area contributed by atoms with Gasteiger partial charge >= 0.3 is 0 Å². The number of amides is 1. The first-order valence-corrected chi connectivity index (χ1v) is 9.60. The van der Waals surface area contributed by atoms with E-state index in [4.69, 9.17) is 4.74 Å². The lowest BCUT2D eigenvalue weighted by Gasteiger charge is -2.36. The molecular weight excluding hydrogens is 354 g/mol. The fraction of sp³-hybridized carbons (Fsp3) is 0.429. The van der Waals surface area contributed by atoms with Gasteiger partial charge in [-0.2, -0.15) is 0 Å². The maximum absolute atomic E-state index is 12.8. The standard InChI is InChI=1S/C21H29N5O2/c1-24(2)11-10-22-17-8-9-18(23-16-17)21(27)26-14-12-25(13-15-26)19-6-4-5-7-20(19)28-3/h4-9,16,22H,10-15H2,1-3H3. The van der Waals surface area contributed by atoms with Gasteiger partial charge in [0.15, 0.2) is 0 Å². The molecule has 1 N–H and O–H groups in total.